The zero-order valence-corrected chi connectivity index (χ0v) is 17.6. The Hall–Kier alpha value is -1.82. The molecule has 2 rings (SSSR count). The molecular formula is C16H19FIN3O4S. The number of nitrogens with zero attached hydrogens (tertiary/aromatic N) is 1. The largest absolute Gasteiger partial charge is 0.494 e. The van der Waals surface area contributed by atoms with Crippen molar-refractivity contribution in [2.45, 2.75) is 19.1 Å². The standard InChI is InChI=1S/C16H19FIN3O4S/c1-9(2)26(23,24)20-15-13(25-4)8-14(22)21(3)16(15)19-12-6-5-10(18)7-11(12)17/h5-9,19-20H,1-4H3. The molecule has 0 fully saturated rings. The van der Waals surface area contributed by atoms with Crippen LogP contribution in [0.1, 0.15) is 13.8 Å². The van der Waals surface area contributed by atoms with Crippen LogP contribution in [0.4, 0.5) is 21.6 Å². The normalized spacial score (nSPS) is 11.5. The Morgan fingerprint density at radius 3 is 2.46 bits per heavy atom. The Balaban J connectivity index is 2.66. The number of sulfonamides is 1. The number of hydrogen-bond acceptors (Lipinski definition) is 5. The van der Waals surface area contributed by atoms with Gasteiger partial charge in [-0.3, -0.25) is 14.1 Å². The van der Waals surface area contributed by atoms with Crippen LogP contribution in [0, 0.1) is 9.39 Å². The minimum absolute atomic E-state index is 0.0289. The summed E-state index contributed by atoms with van der Waals surface area (Å²) in [6.07, 6.45) is 0. The van der Waals surface area contributed by atoms with Gasteiger partial charge in [0.15, 0.2) is 5.75 Å². The molecule has 0 bridgehead atoms. The van der Waals surface area contributed by atoms with Crippen molar-refractivity contribution >= 4 is 49.8 Å². The maximum atomic E-state index is 14.2. The van der Waals surface area contributed by atoms with Gasteiger partial charge in [-0.05, 0) is 54.6 Å². The second-order valence-corrected chi connectivity index (χ2v) is 9.26. The first kappa shape index (κ1) is 20.5. The van der Waals surface area contributed by atoms with Crippen LogP contribution in [0.15, 0.2) is 29.1 Å². The lowest BCUT2D eigenvalue weighted by molar-refractivity contribution is 0.415. The van der Waals surface area contributed by atoms with Gasteiger partial charge < -0.3 is 10.1 Å². The summed E-state index contributed by atoms with van der Waals surface area (Å²) in [4.78, 5) is 12.2. The highest BCUT2D eigenvalue weighted by atomic mass is 127. The van der Waals surface area contributed by atoms with Gasteiger partial charge in [0.1, 0.15) is 17.3 Å². The van der Waals surface area contributed by atoms with Crippen LogP contribution in [0.25, 0.3) is 0 Å². The summed E-state index contributed by atoms with van der Waals surface area (Å²) in [6.45, 7) is 3.03. The number of benzene rings is 1. The summed E-state index contributed by atoms with van der Waals surface area (Å²) in [7, 11) is -0.962. The maximum absolute atomic E-state index is 14.2. The highest BCUT2D eigenvalue weighted by molar-refractivity contribution is 14.1. The van der Waals surface area contributed by atoms with Gasteiger partial charge in [-0.1, -0.05) is 0 Å². The molecule has 0 amide bonds. The molecule has 0 radical (unpaired) electrons. The first-order chi connectivity index (χ1) is 12.1. The molecule has 0 aliphatic rings. The number of anilines is 3. The molecule has 0 aliphatic heterocycles. The van der Waals surface area contributed by atoms with Crippen molar-refractivity contribution in [3.63, 3.8) is 0 Å². The number of halogens is 2. The van der Waals surface area contributed by atoms with Gasteiger partial charge in [-0.2, -0.15) is 0 Å². The molecule has 0 aliphatic carbocycles. The van der Waals surface area contributed by atoms with E-state index in [9.17, 15) is 17.6 Å². The van der Waals surface area contributed by atoms with Crippen LogP contribution in [0.3, 0.4) is 0 Å². The molecule has 1 aromatic carbocycles. The highest BCUT2D eigenvalue weighted by Gasteiger charge is 2.23. The van der Waals surface area contributed by atoms with Gasteiger partial charge in [-0.25, -0.2) is 12.8 Å². The molecule has 2 aromatic rings. The van der Waals surface area contributed by atoms with Crippen LogP contribution in [-0.4, -0.2) is 25.3 Å². The third-order valence-corrected chi connectivity index (χ3v) is 6.07. The van der Waals surface area contributed by atoms with Gasteiger partial charge in [0.05, 0.1) is 18.0 Å². The number of ether oxygens (including phenoxy) is 1. The summed E-state index contributed by atoms with van der Waals surface area (Å²) >= 11 is 1.97. The molecule has 1 heterocycles. The molecule has 2 N–H and O–H groups in total. The predicted octanol–water partition coefficient (Wildman–Crippen LogP) is 3.03. The van der Waals surface area contributed by atoms with Crippen molar-refractivity contribution in [2.24, 2.45) is 7.05 Å². The van der Waals surface area contributed by atoms with Crippen LogP contribution in [-0.2, 0) is 17.1 Å². The lowest BCUT2D eigenvalue weighted by Gasteiger charge is -2.20. The molecule has 0 saturated heterocycles. The zero-order chi connectivity index (χ0) is 19.6. The van der Waals surface area contributed by atoms with E-state index in [4.69, 9.17) is 4.74 Å². The van der Waals surface area contributed by atoms with Crippen LogP contribution in [0.5, 0.6) is 5.75 Å². The summed E-state index contributed by atoms with van der Waals surface area (Å²) < 4.78 is 48.3. The van der Waals surface area contributed by atoms with Gasteiger partial charge in [0, 0.05) is 16.7 Å². The molecule has 10 heteroatoms. The first-order valence-corrected chi connectivity index (χ1v) is 10.2. The molecule has 26 heavy (non-hydrogen) atoms. The average Bonchev–Trinajstić information content (AvgIpc) is 2.55. The van der Waals surface area contributed by atoms with Crippen molar-refractivity contribution in [1.82, 2.24) is 4.57 Å². The second-order valence-electron chi connectivity index (χ2n) is 5.78. The summed E-state index contributed by atoms with van der Waals surface area (Å²) in [5, 5.41) is 2.08. The smallest absolute Gasteiger partial charge is 0.255 e. The Morgan fingerprint density at radius 1 is 1.27 bits per heavy atom. The zero-order valence-electron chi connectivity index (χ0n) is 14.6. The third kappa shape index (κ3) is 4.29. The van der Waals surface area contributed by atoms with Crippen LogP contribution >= 0.6 is 22.6 Å². The van der Waals surface area contributed by atoms with E-state index in [0.717, 1.165) is 6.07 Å². The van der Waals surface area contributed by atoms with Crippen molar-refractivity contribution in [2.75, 3.05) is 17.1 Å². The number of nitrogens with one attached hydrogen (secondary N) is 2. The minimum atomic E-state index is -3.73. The number of rotatable bonds is 6. The van der Waals surface area contributed by atoms with E-state index < -0.39 is 26.6 Å². The highest BCUT2D eigenvalue weighted by Crippen LogP contribution is 2.34. The van der Waals surface area contributed by atoms with E-state index in [1.54, 1.807) is 6.07 Å². The topological polar surface area (TPSA) is 89.4 Å². The SMILES string of the molecule is COc1cc(=O)n(C)c(Nc2ccc(I)cc2F)c1NS(=O)(=O)C(C)C. The lowest BCUT2D eigenvalue weighted by Crippen LogP contribution is -2.26. The van der Waals surface area contributed by atoms with E-state index in [2.05, 4.69) is 10.0 Å². The Kier molecular flexibility index (Phi) is 6.17. The third-order valence-electron chi connectivity index (χ3n) is 3.67. The van der Waals surface area contributed by atoms with E-state index in [1.807, 2.05) is 22.6 Å². The molecule has 0 unspecified atom stereocenters. The van der Waals surface area contributed by atoms with E-state index in [0.29, 0.717) is 3.57 Å². The number of pyridine rings is 1. The first-order valence-electron chi connectivity index (χ1n) is 7.58. The van der Waals surface area contributed by atoms with Crippen molar-refractivity contribution < 1.29 is 17.5 Å². The molecule has 7 nitrogen and oxygen atoms in total. The van der Waals surface area contributed by atoms with Crippen molar-refractivity contribution in [3.05, 3.63) is 44.0 Å². The maximum Gasteiger partial charge on any atom is 0.255 e. The minimum Gasteiger partial charge on any atom is -0.494 e. The van der Waals surface area contributed by atoms with Crippen molar-refractivity contribution in [1.29, 1.82) is 0 Å². The summed E-state index contributed by atoms with van der Waals surface area (Å²) in [5.74, 6) is -0.436. The molecule has 0 spiro atoms. The quantitative estimate of drug-likeness (QED) is 0.602. The van der Waals surface area contributed by atoms with Crippen LogP contribution in [0.2, 0.25) is 0 Å². The Bertz CT molecular complexity index is 990. The van der Waals surface area contributed by atoms with Gasteiger partial charge in [0.2, 0.25) is 10.0 Å². The fourth-order valence-corrected chi connectivity index (χ4v) is 3.23. The van der Waals surface area contributed by atoms with E-state index in [1.165, 1.54) is 44.7 Å². The summed E-state index contributed by atoms with van der Waals surface area (Å²) in [5.41, 5.74) is -0.317. The Morgan fingerprint density at radius 2 is 1.92 bits per heavy atom. The molecular weight excluding hydrogens is 476 g/mol. The molecule has 0 saturated carbocycles. The lowest BCUT2D eigenvalue weighted by atomic mass is 10.3. The van der Waals surface area contributed by atoms with E-state index >= 15 is 0 Å². The number of hydrogen-bond donors (Lipinski definition) is 2. The van der Waals surface area contributed by atoms with Gasteiger partial charge >= 0.3 is 0 Å². The predicted molar refractivity (Wildman–Crippen MR) is 108 cm³/mol. The van der Waals surface area contributed by atoms with E-state index in [-0.39, 0.29) is 22.9 Å². The van der Waals surface area contributed by atoms with Crippen LogP contribution < -0.4 is 20.3 Å². The Labute approximate surface area is 164 Å². The van der Waals surface area contributed by atoms with Crippen molar-refractivity contribution in [3.8, 4) is 5.75 Å². The number of aromatic nitrogens is 1. The number of methoxy groups -OCH3 is 1. The fourth-order valence-electron chi connectivity index (χ4n) is 2.06. The molecule has 0 atom stereocenters. The fraction of sp³-hybridized carbons (Fsp3) is 0.312. The molecule has 1 aromatic heterocycles. The van der Waals surface area contributed by atoms with Gasteiger partial charge in [0.25, 0.3) is 5.56 Å². The molecule has 142 valence electrons. The summed E-state index contributed by atoms with van der Waals surface area (Å²) in [6, 6.07) is 5.66. The second kappa shape index (κ2) is 7.82. The average molecular weight is 495 g/mol. The van der Waals surface area contributed by atoms with Gasteiger partial charge in [-0.15, -0.1) is 0 Å². The monoisotopic (exact) mass is 495 g/mol.